The third kappa shape index (κ3) is 3.61. The molecule has 0 radical (unpaired) electrons. The molecule has 0 fully saturated rings. The number of nitrogens with zero attached hydrogens (tertiary/aromatic N) is 1. The fourth-order valence-corrected chi connectivity index (χ4v) is 2.45. The smallest absolute Gasteiger partial charge is 0.349 e. The van der Waals surface area contributed by atoms with Crippen LogP contribution in [0, 0.1) is 6.92 Å². The lowest BCUT2D eigenvalue weighted by atomic mass is 10.1. The minimum atomic E-state index is -0.763. The van der Waals surface area contributed by atoms with Gasteiger partial charge in [-0.3, -0.25) is 14.6 Å². The van der Waals surface area contributed by atoms with Crippen molar-refractivity contribution in [2.45, 2.75) is 20.5 Å². The summed E-state index contributed by atoms with van der Waals surface area (Å²) in [7, 11) is 0. The number of esters is 1. The Morgan fingerprint density at radius 3 is 2.65 bits per heavy atom. The highest BCUT2D eigenvalue weighted by Gasteiger charge is 2.17. The van der Waals surface area contributed by atoms with E-state index in [1.165, 1.54) is 19.2 Å². The zero-order chi connectivity index (χ0) is 18.7. The van der Waals surface area contributed by atoms with Crippen LogP contribution in [0.2, 0.25) is 0 Å². The van der Waals surface area contributed by atoms with Gasteiger partial charge in [0.2, 0.25) is 0 Å². The summed E-state index contributed by atoms with van der Waals surface area (Å²) < 4.78 is 10.3. The average molecular weight is 352 g/mol. The highest BCUT2D eigenvalue weighted by molar-refractivity contribution is 6.05. The maximum atomic E-state index is 12.5. The standard InChI is InChI=1S/C19H16N2O5/c1-11-17-15(13(9-20-11)10-25-12(2)22)8-16(19(24)26-17)18(23)21-14-6-4-3-5-7-14/h3-9H,10H2,1-2H3,(H,21,23). The van der Waals surface area contributed by atoms with Crippen LogP contribution in [-0.2, 0) is 16.1 Å². The van der Waals surface area contributed by atoms with Gasteiger partial charge in [0.15, 0.2) is 5.58 Å². The van der Waals surface area contributed by atoms with Gasteiger partial charge in [0, 0.05) is 29.8 Å². The third-order valence-electron chi connectivity index (χ3n) is 3.74. The monoisotopic (exact) mass is 352 g/mol. The fourth-order valence-electron chi connectivity index (χ4n) is 2.45. The molecule has 0 atom stereocenters. The molecule has 0 saturated heterocycles. The molecule has 0 aliphatic heterocycles. The second kappa shape index (κ2) is 7.18. The molecule has 0 unspecified atom stereocenters. The van der Waals surface area contributed by atoms with E-state index < -0.39 is 17.5 Å². The number of ether oxygens (including phenoxy) is 1. The van der Waals surface area contributed by atoms with Crippen LogP contribution in [0.1, 0.15) is 28.5 Å². The molecule has 7 heteroatoms. The number of hydrogen-bond donors (Lipinski definition) is 1. The van der Waals surface area contributed by atoms with Gasteiger partial charge in [0.05, 0.1) is 5.69 Å². The Bertz CT molecular complexity index is 1040. The lowest BCUT2D eigenvalue weighted by molar-refractivity contribution is -0.142. The van der Waals surface area contributed by atoms with E-state index in [1.807, 2.05) is 6.07 Å². The molecule has 3 rings (SSSR count). The Morgan fingerprint density at radius 1 is 1.23 bits per heavy atom. The molecule has 26 heavy (non-hydrogen) atoms. The number of aromatic nitrogens is 1. The maximum Gasteiger partial charge on any atom is 0.349 e. The number of pyridine rings is 1. The number of carbonyl (C=O) groups excluding carboxylic acids is 2. The zero-order valence-electron chi connectivity index (χ0n) is 14.2. The van der Waals surface area contributed by atoms with Crippen molar-refractivity contribution in [2.75, 3.05) is 5.32 Å². The van der Waals surface area contributed by atoms with Gasteiger partial charge in [-0.05, 0) is 25.1 Å². The van der Waals surface area contributed by atoms with Crippen LogP contribution in [0.5, 0.6) is 0 Å². The van der Waals surface area contributed by atoms with Crippen molar-refractivity contribution in [3.05, 3.63) is 69.8 Å². The Morgan fingerprint density at radius 2 is 1.96 bits per heavy atom. The number of nitrogens with one attached hydrogen (secondary N) is 1. The quantitative estimate of drug-likeness (QED) is 0.725. The molecule has 0 aliphatic rings. The largest absolute Gasteiger partial charge is 0.461 e. The van der Waals surface area contributed by atoms with Gasteiger partial charge in [0.1, 0.15) is 12.2 Å². The van der Waals surface area contributed by atoms with E-state index in [-0.39, 0.29) is 17.8 Å². The molecule has 2 heterocycles. The normalized spacial score (nSPS) is 10.5. The molecule has 0 spiro atoms. The number of anilines is 1. The minimum Gasteiger partial charge on any atom is -0.461 e. The topological polar surface area (TPSA) is 98.5 Å². The van der Waals surface area contributed by atoms with Crippen LogP contribution in [-0.4, -0.2) is 16.9 Å². The average Bonchev–Trinajstić information content (AvgIpc) is 2.62. The van der Waals surface area contributed by atoms with E-state index in [2.05, 4.69) is 10.3 Å². The molecule has 7 nitrogen and oxygen atoms in total. The van der Waals surface area contributed by atoms with Crippen molar-refractivity contribution in [1.29, 1.82) is 0 Å². The Hall–Kier alpha value is -3.48. The first kappa shape index (κ1) is 17.3. The molecule has 0 aliphatic carbocycles. The van der Waals surface area contributed by atoms with Crippen molar-refractivity contribution >= 4 is 28.5 Å². The Balaban J connectivity index is 2.04. The molecule has 1 aromatic carbocycles. The SMILES string of the molecule is CC(=O)OCc1cnc(C)c2oc(=O)c(C(=O)Nc3ccccc3)cc12. The van der Waals surface area contributed by atoms with Crippen LogP contribution >= 0.6 is 0 Å². The van der Waals surface area contributed by atoms with Crippen molar-refractivity contribution in [2.24, 2.45) is 0 Å². The lowest BCUT2D eigenvalue weighted by Gasteiger charge is -2.09. The first-order valence-electron chi connectivity index (χ1n) is 7.88. The van der Waals surface area contributed by atoms with E-state index in [1.54, 1.807) is 31.2 Å². The van der Waals surface area contributed by atoms with Crippen LogP contribution in [0.25, 0.3) is 11.0 Å². The van der Waals surface area contributed by atoms with E-state index in [0.717, 1.165) is 0 Å². The first-order chi connectivity index (χ1) is 12.5. The van der Waals surface area contributed by atoms with Crippen molar-refractivity contribution in [3.8, 4) is 0 Å². The van der Waals surface area contributed by atoms with Gasteiger partial charge in [0.25, 0.3) is 5.91 Å². The minimum absolute atomic E-state index is 0.0351. The number of para-hydroxylation sites is 1. The van der Waals surface area contributed by atoms with Crippen molar-refractivity contribution in [3.63, 3.8) is 0 Å². The highest BCUT2D eigenvalue weighted by atomic mass is 16.5. The van der Waals surface area contributed by atoms with E-state index >= 15 is 0 Å². The summed E-state index contributed by atoms with van der Waals surface area (Å²) in [5, 5.41) is 3.14. The summed E-state index contributed by atoms with van der Waals surface area (Å²) >= 11 is 0. The maximum absolute atomic E-state index is 12.5. The van der Waals surface area contributed by atoms with Crippen molar-refractivity contribution in [1.82, 2.24) is 4.98 Å². The number of amides is 1. The van der Waals surface area contributed by atoms with E-state index in [4.69, 9.17) is 9.15 Å². The number of aryl methyl sites for hydroxylation is 1. The van der Waals surface area contributed by atoms with Gasteiger partial charge in [-0.2, -0.15) is 0 Å². The number of rotatable bonds is 4. The Labute approximate surface area is 148 Å². The number of fused-ring (bicyclic) bond motifs is 1. The first-order valence-corrected chi connectivity index (χ1v) is 7.88. The van der Waals surface area contributed by atoms with Crippen LogP contribution in [0.15, 0.2) is 51.8 Å². The molecule has 1 amide bonds. The zero-order valence-corrected chi connectivity index (χ0v) is 14.2. The lowest BCUT2D eigenvalue weighted by Crippen LogP contribution is -2.21. The van der Waals surface area contributed by atoms with Gasteiger partial charge in [-0.25, -0.2) is 4.79 Å². The van der Waals surface area contributed by atoms with E-state index in [9.17, 15) is 14.4 Å². The second-order valence-corrected chi connectivity index (χ2v) is 5.66. The Kier molecular flexibility index (Phi) is 4.79. The van der Waals surface area contributed by atoms with Gasteiger partial charge >= 0.3 is 11.6 Å². The van der Waals surface area contributed by atoms with Crippen LogP contribution in [0.4, 0.5) is 5.69 Å². The summed E-state index contributed by atoms with van der Waals surface area (Å²) in [6, 6.07) is 10.2. The molecule has 1 N–H and O–H groups in total. The predicted molar refractivity (Wildman–Crippen MR) is 94.9 cm³/mol. The van der Waals surface area contributed by atoms with Crippen molar-refractivity contribution < 1.29 is 18.7 Å². The molecule has 0 saturated carbocycles. The second-order valence-electron chi connectivity index (χ2n) is 5.66. The molecule has 2 aromatic heterocycles. The van der Waals surface area contributed by atoms with Gasteiger partial charge in [-0.15, -0.1) is 0 Å². The van der Waals surface area contributed by atoms with Gasteiger partial charge < -0.3 is 14.5 Å². The summed E-state index contributed by atoms with van der Waals surface area (Å²) in [6.07, 6.45) is 1.53. The fraction of sp³-hybridized carbons (Fsp3) is 0.158. The number of carbonyl (C=O) groups is 2. The molecule has 3 aromatic rings. The number of hydrogen-bond acceptors (Lipinski definition) is 6. The molecular weight excluding hydrogens is 336 g/mol. The molecule has 0 bridgehead atoms. The predicted octanol–water partition coefficient (Wildman–Crippen LogP) is 2.81. The van der Waals surface area contributed by atoms with Gasteiger partial charge in [-0.1, -0.05) is 18.2 Å². The van der Waals surface area contributed by atoms with E-state index in [0.29, 0.717) is 22.3 Å². The summed E-state index contributed by atoms with van der Waals surface area (Å²) in [4.78, 5) is 39.9. The summed E-state index contributed by atoms with van der Waals surface area (Å²) in [5.74, 6) is -1.03. The highest BCUT2D eigenvalue weighted by Crippen LogP contribution is 2.21. The van der Waals surface area contributed by atoms with Crippen LogP contribution < -0.4 is 10.9 Å². The van der Waals surface area contributed by atoms with Crippen LogP contribution in [0.3, 0.4) is 0 Å². The summed E-state index contributed by atoms with van der Waals surface area (Å²) in [5.41, 5.74) is 0.951. The molecule has 132 valence electrons. The molecular formula is C19H16N2O5. The number of benzene rings is 1. The third-order valence-corrected chi connectivity index (χ3v) is 3.74. The summed E-state index contributed by atoms with van der Waals surface area (Å²) in [6.45, 7) is 2.94.